The molecule has 4 aromatic carbocycles. The molecule has 0 unspecified atom stereocenters. The van der Waals surface area contributed by atoms with Gasteiger partial charge in [0.25, 0.3) is 11.8 Å². The number of carbonyl (C=O) groups is 2. The first-order valence-corrected chi connectivity index (χ1v) is 15.4. The second-order valence-electron chi connectivity index (χ2n) is 11.7. The lowest BCUT2D eigenvalue weighted by Crippen LogP contribution is -2.30. The van der Waals surface area contributed by atoms with Gasteiger partial charge < -0.3 is 10.6 Å². The molecular formula is C37H40N4O2. The maximum atomic E-state index is 12.6. The van der Waals surface area contributed by atoms with E-state index < -0.39 is 0 Å². The van der Waals surface area contributed by atoms with Crippen LogP contribution in [-0.4, -0.2) is 47.8 Å². The third-order valence-corrected chi connectivity index (χ3v) is 8.59. The van der Waals surface area contributed by atoms with Gasteiger partial charge >= 0.3 is 0 Å². The molecule has 2 heterocycles. The summed E-state index contributed by atoms with van der Waals surface area (Å²) < 4.78 is 0. The van der Waals surface area contributed by atoms with Gasteiger partial charge in [0, 0.05) is 63.5 Å². The maximum absolute atomic E-state index is 12.6. The van der Waals surface area contributed by atoms with Gasteiger partial charge in [-0.05, 0) is 76.9 Å². The van der Waals surface area contributed by atoms with Crippen LogP contribution < -0.4 is 10.6 Å². The van der Waals surface area contributed by atoms with Crippen LogP contribution in [0.2, 0.25) is 0 Å². The van der Waals surface area contributed by atoms with Crippen molar-refractivity contribution in [3.63, 3.8) is 0 Å². The topological polar surface area (TPSA) is 64.7 Å². The van der Waals surface area contributed by atoms with E-state index in [0.29, 0.717) is 30.6 Å². The molecule has 0 fully saturated rings. The third-order valence-electron chi connectivity index (χ3n) is 8.59. The lowest BCUT2D eigenvalue weighted by molar-refractivity contribution is 0.0951. The van der Waals surface area contributed by atoms with Crippen LogP contribution in [0.4, 0.5) is 0 Å². The highest BCUT2D eigenvalue weighted by molar-refractivity contribution is 5.94. The van der Waals surface area contributed by atoms with E-state index in [-0.39, 0.29) is 11.8 Å². The Hall–Kier alpha value is -4.26. The SMILES string of the molecule is O=C(NCCCNC(=O)c1ccc(CN2CCc3ccccc3C2)cc1)c1ccc(CN2CCc3ccccc3C2)cc1. The predicted molar refractivity (Wildman–Crippen MR) is 171 cm³/mol. The zero-order valence-corrected chi connectivity index (χ0v) is 24.7. The minimum absolute atomic E-state index is 0.0856. The smallest absolute Gasteiger partial charge is 0.251 e. The van der Waals surface area contributed by atoms with Crippen molar-refractivity contribution in [2.24, 2.45) is 0 Å². The quantitative estimate of drug-likeness (QED) is 0.252. The lowest BCUT2D eigenvalue weighted by Gasteiger charge is -2.28. The molecule has 220 valence electrons. The van der Waals surface area contributed by atoms with Crippen LogP contribution in [0.3, 0.4) is 0 Å². The summed E-state index contributed by atoms with van der Waals surface area (Å²) in [4.78, 5) is 30.2. The molecule has 0 bridgehead atoms. The van der Waals surface area contributed by atoms with E-state index in [1.165, 1.54) is 33.4 Å². The number of nitrogens with one attached hydrogen (secondary N) is 2. The number of nitrogens with zero attached hydrogens (tertiary/aromatic N) is 2. The summed E-state index contributed by atoms with van der Waals surface area (Å²) in [6, 6.07) is 33.1. The summed E-state index contributed by atoms with van der Waals surface area (Å²) in [6.45, 7) is 6.81. The number of benzene rings is 4. The minimum Gasteiger partial charge on any atom is -0.352 e. The van der Waals surface area contributed by atoms with E-state index in [0.717, 1.165) is 52.1 Å². The van der Waals surface area contributed by atoms with Gasteiger partial charge in [-0.25, -0.2) is 0 Å². The van der Waals surface area contributed by atoms with E-state index >= 15 is 0 Å². The van der Waals surface area contributed by atoms with Crippen molar-refractivity contribution < 1.29 is 9.59 Å². The second kappa shape index (κ2) is 13.8. The minimum atomic E-state index is -0.0856. The Balaban J connectivity index is 0.881. The number of rotatable bonds is 10. The average molecular weight is 573 g/mol. The van der Waals surface area contributed by atoms with Crippen molar-refractivity contribution in [2.45, 2.75) is 45.4 Å². The van der Waals surface area contributed by atoms with E-state index in [4.69, 9.17) is 0 Å². The van der Waals surface area contributed by atoms with Crippen LogP contribution in [0.1, 0.15) is 60.5 Å². The fourth-order valence-electron chi connectivity index (χ4n) is 6.11. The molecule has 2 amide bonds. The normalized spacial score (nSPS) is 14.9. The van der Waals surface area contributed by atoms with Crippen molar-refractivity contribution >= 4 is 11.8 Å². The molecule has 0 aromatic heterocycles. The van der Waals surface area contributed by atoms with Gasteiger partial charge in [-0.1, -0.05) is 72.8 Å². The lowest BCUT2D eigenvalue weighted by atomic mass is 9.99. The Morgan fingerprint density at radius 2 is 0.930 bits per heavy atom. The molecule has 6 nitrogen and oxygen atoms in total. The molecule has 0 saturated carbocycles. The number of hydrogen-bond donors (Lipinski definition) is 2. The van der Waals surface area contributed by atoms with Crippen LogP contribution in [0, 0.1) is 0 Å². The second-order valence-corrected chi connectivity index (χ2v) is 11.7. The van der Waals surface area contributed by atoms with Crippen molar-refractivity contribution in [1.29, 1.82) is 0 Å². The largest absolute Gasteiger partial charge is 0.352 e. The molecule has 0 spiro atoms. The Morgan fingerprint density at radius 1 is 0.535 bits per heavy atom. The maximum Gasteiger partial charge on any atom is 0.251 e. The van der Waals surface area contributed by atoms with Crippen LogP contribution in [0.25, 0.3) is 0 Å². The number of carbonyl (C=O) groups excluding carboxylic acids is 2. The molecule has 0 atom stereocenters. The van der Waals surface area contributed by atoms with Crippen molar-refractivity contribution in [1.82, 2.24) is 20.4 Å². The first kappa shape index (κ1) is 28.8. The Labute approximate surface area is 254 Å². The van der Waals surface area contributed by atoms with Gasteiger partial charge in [0.2, 0.25) is 0 Å². The summed E-state index contributed by atoms with van der Waals surface area (Å²) in [6.07, 6.45) is 2.83. The summed E-state index contributed by atoms with van der Waals surface area (Å²) in [5, 5.41) is 5.94. The standard InChI is InChI=1S/C37H40N4O2/c42-36(32-14-10-28(11-15-32)24-40-22-18-30-6-1-3-8-34(30)26-40)38-20-5-21-39-37(43)33-16-12-29(13-17-33)25-41-23-19-31-7-2-4-9-35(31)27-41/h1-4,6-17H,5,18-27H2,(H,38,42)(H,39,43). The number of amides is 2. The van der Waals surface area contributed by atoms with Gasteiger partial charge in [-0.2, -0.15) is 0 Å². The molecule has 0 radical (unpaired) electrons. The van der Waals surface area contributed by atoms with Crippen LogP contribution >= 0.6 is 0 Å². The molecule has 2 aliphatic rings. The molecule has 6 heteroatoms. The summed E-state index contributed by atoms with van der Waals surface area (Å²) in [7, 11) is 0. The molecule has 0 aliphatic carbocycles. The van der Waals surface area contributed by atoms with Crippen LogP contribution in [-0.2, 0) is 39.0 Å². The summed E-state index contributed by atoms with van der Waals surface area (Å²) in [5.74, 6) is -0.171. The molecule has 0 saturated heterocycles. The van der Waals surface area contributed by atoms with Crippen LogP contribution in [0.15, 0.2) is 97.1 Å². The van der Waals surface area contributed by atoms with E-state index in [2.05, 4.69) is 69.0 Å². The molecule has 2 N–H and O–H groups in total. The highest BCUT2D eigenvalue weighted by Gasteiger charge is 2.17. The first-order chi connectivity index (χ1) is 21.1. The predicted octanol–water partition coefficient (Wildman–Crippen LogP) is 5.35. The van der Waals surface area contributed by atoms with E-state index in [1.807, 2.05) is 48.5 Å². The van der Waals surface area contributed by atoms with Gasteiger partial charge in [-0.3, -0.25) is 19.4 Å². The van der Waals surface area contributed by atoms with Crippen molar-refractivity contribution in [3.8, 4) is 0 Å². The molecule has 6 rings (SSSR count). The van der Waals surface area contributed by atoms with E-state index in [1.54, 1.807) is 0 Å². The molecule has 43 heavy (non-hydrogen) atoms. The third kappa shape index (κ3) is 7.58. The highest BCUT2D eigenvalue weighted by atomic mass is 16.2. The van der Waals surface area contributed by atoms with Crippen LogP contribution in [0.5, 0.6) is 0 Å². The number of fused-ring (bicyclic) bond motifs is 2. The zero-order valence-electron chi connectivity index (χ0n) is 24.7. The summed E-state index contributed by atoms with van der Waals surface area (Å²) >= 11 is 0. The van der Waals surface area contributed by atoms with Crippen molar-refractivity contribution in [3.05, 3.63) is 142 Å². The first-order valence-electron chi connectivity index (χ1n) is 15.4. The Kier molecular flexibility index (Phi) is 9.26. The summed E-state index contributed by atoms with van der Waals surface area (Å²) in [5.41, 5.74) is 9.47. The van der Waals surface area contributed by atoms with Crippen molar-refractivity contribution in [2.75, 3.05) is 26.2 Å². The average Bonchev–Trinajstić information content (AvgIpc) is 3.05. The monoisotopic (exact) mass is 572 g/mol. The zero-order chi connectivity index (χ0) is 29.4. The van der Waals surface area contributed by atoms with Gasteiger partial charge in [-0.15, -0.1) is 0 Å². The van der Waals surface area contributed by atoms with Gasteiger partial charge in [0.15, 0.2) is 0 Å². The molecule has 2 aliphatic heterocycles. The molecule has 4 aromatic rings. The Bertz CT molecular complexity index is 1430. The fourth-order valence-corrected chi connectivity index (χ4v) is 6.11. The molecular weight excluding hydrogens is 532 g/mol. The Morgan fingerprint density at radius 3 is 1.35 bits per heavy atom. The van der Waals surface area contributed by atoms with Gasteiger partial charge in [0.05, 0.1) is 0 Å². The highest BCUT2D eigenvalue weighted by Crippen LogP contribution is 2.21. The van der Waals surface area contributed by atoms with Gasteiger partial charge in [0.1, 0.15) is 0 Å². The fraction of sp³-hybridized carbons (Fsp3) is 0.297. The number of hydrogen-bond acceptors (Lipinski definition) is 4. The van der Waals surface area contributed by atoms with E-state index in [9.17, 15) is 9.59 Å².